The van der Waals surface area contributed by atoms with Gasteiger partial charge in [0.15, 0.2) is 0 Å². The van der Waals surface area contributed by atoms with Gasteiger partial charge >= 0.3 is 0 Å². The highest BCUT2D eigenvalue weighted by molar-refractivity contribution is 7.59. The Labute approximate surface area is 63.7 Å². The van der Waals surface area contributed by atoms with Crippen molar-refractivity contribution in [3.8, 4) is 0 Å². The number of rotatable bonds is 1. The zero-order valence-corrected chi connectivity index (χ0v) is 6.69. The number of aliphatic hydroxyl groups excluding tert-OH is 3. The van der Waals surface area contributed by atoms with Crippen LogP contribution in [0.1, 0.15) is 6.42 Å². The van der Waals surface area contributed by atoms with E-state index >= 15 is 0 Å². The van der Waals surface area contributed by atoms with E-state index in [0.717, 1.165) is 0 Å². The van der Waals surface area contributed by atoms with Crippen LogP contribution in [-0.2, 0) is 4.57 Å². The Morgan fingerprint density at radius 2 is 2.00 bits per heavy atom. The molecule has 4 atom stereocenters. The number of aliphatic hydroxyl groups is 3. The first-order valence-corrected chi connectivity index (χ1v) is 5.09. The Balaban J connectivity index is 2.85. The van der Waals surface area contributed by atoms with Crippen molar-refractivity contribution in [3.63, 3.8) is 0 Å². The van der Waals surface area contributed by atoms with Crippen LogP contribution >= 0.6 is 7.37 Å². The molecule has 0 radical (unpaired) electrons. The van der Waals surface area contributed by atoms with Crippen molar-refractivity contribution in [1.82, 2.24) is 0 Å². The van der Waals surface area contributed by atoms with Gasteiger partial charge in [-0.05, 0) is 0 Å². The second-order valence-corrected chi connectivity index (χ2v) is 5.31. The molecule has 0 spiro atoms. The van der Waals surface area contributed by atoms with E-state index in [1.807, 2.05) is 0 Å². The van der Waals surface area contributed by atoms with Gasteiger partial charge in [0.25, 0.3) is 0 Å². The third-order valence-corrected chi connectivity index (χ3v) is 4.51. The van der Waals surface area contributed by atoms with Crippen molar-refractivity contribution in [3.05, 3.63) is 0 Å². The molecule has 2 unspecified atom stereocenters. The van der Waals surface area contributed by atoms with E-state index in [0.29, 0.717) is 0 Å². The Morgan fingerprint density at radius 1 is 1.45 bits per heavy atom. The van der Waals surface area contributed by atoms with E-state index in [4.69, 9.17) is 20.2 Å². The van der Waals surface area contributed by atoms with Crippen LogP contribution in [0.4, 0.5) is 0 Å². The summed E-state index contributed by atoms with van der Waals surface area (Å²) >= 11 is 0. The van der Waals surface area contributed by atoms with Gasteiger partial charge < -0.3 is 20.2 Å². The third-order valence-electron chi connectivity index (χ3n) is 1.99. The minimum absolute atomic E-state index is 0.126. The summed E-state index contributed by atoms with van der Waals surface area (Å²) in [5.74, 6) is -1.38. The maximum Gasteiger partial charge on any atom is 0.236 e. The normalized spacial score (nSPS) is 51.5. The monoisotopic (exact) mass is 182 g/mol. The molecule has 1 saturated heterocycles. The maximum absolute atomic E-state index is 11.1. The largest absolute Gasteiger partial charge is 0.395 e. The van der Waals surface area contributed by atoms with Crippen molar-refractivity contribution < 1.29 is 24.8 Å². The molecule has 5 nitrogen and oxygen atoms in total. The summed E-state index contributed by atoms with van der Waals surface area (Å²) in [6.07, 6.45) is -1.19. The molecule has 1 aliphatic rings. The first-order valence-electron chi connectivity index (χ1n) is 3.29. The molecular weight excluding hydrogens is 171 g/mol. The Hall–Kier alpha value is 0.0700. The summed E-state index contributed by atoms with van der Waals surface area (Å²) in [7, 11) is -3.74. The molecule has 0 aromatic rings. The van der Waals surface area contributed by atoms with Crippen molar-refractivity contribution in [1.29, 1.82) is 0 Å². The van der Waals surface area contributed by atoms with Gasteiger partial charge in [-0.25, -0.2) is 0 Å². The molecule has 1 rings (SSSR count). The fraction of sp³-hybridized carbons (Fsp3) is 1.00. The molecule has 0 aromatic carbocycles. The predicted molar refractivity (Wildman–Crippen MR) is 37.3 cm³/mol. The summed E-state index contributed by atoms with van der Waals surface area (Å²) in [6.45, 7) is -0.563. The lowest BCUT2D eigenvalue weighted by Gasteiger charge is -2.15. The van der Waals surface area contributed by atoms with Crippen LogP contribution < -0.4 is 0 Å². The first kappa shape index (κ1) is 9.16. The number of hydrogen-bond acceptors (Lipinski definition) is 4. The molecule has 0 aliphatic carbocycles. The summed E-state index contributed by atoms with van der Waals surface area (Å²) in [6, 6.07) is 0. The molecule has 1 aliphatic heterocycles. The molecule has 6 heteroatoms. The molecule has 1 fully saturated rings. The molecule has 1 heterocycles. The average molecular weight is 182 g/mol. The fourth-order valence-electron chi connectivity index (χ4n) is 1.23. The average Bonchev–Trinajstić information content (AvgIpc) is 2.04. The fourth-order valence-corrected chi connectivity index (χ4v) is 3.04. The summed E-state index contributed by atoms with van der Waals surface area (Å²) in [4.78, 5) is 9.08. The third kappa shape index (κ3) is 1.35. The van der Waals surface area contributed by atoms with Gasteiger partial charge in [-0.1, -0.05) is 0 Å². The van der Waals surface area contributed by atoms with Gasteiger partial charge in [0.05, 0.1) is 18.4 Å². The smallest absolute Gasteiger partial charge is 0.236 e. The van der Waals surface area contributed by atoms with E-state index in [1.54, 1.807) is 0 Å². The van der Waals surface area contributed by atoms with Crippen molar-refractivity contribution >= 4 is 7.37 Å². The topological polar surface area (TPSA) is 98.0 Å². The van der Waals surface area contributed by atoms with Crippen LogP contribution in [0.2, 0.25) is 0 Å². The summed E-state index contributed by atoms with van der Waals surface area (Å²) in [5, 5.41) is 26.6. The van der Waals surface area contributed by atoms with Crippen molar-refractivity contribution in [2.24, 2.45) is 0 Å². The van der Waals surface area contributed by atoms with Gasteiger partial charge in [0.1, 0.15) is 5.85 Å². The van der Waals surface area contributed by atoms with Gasteiger partial charge in [0.2, 0.25) is 7.37 Å². The maximum atomic E-state index is 11.1. The van der Waals surface area contributed by atoms with E-state index in [2.05, 4.69) is 0 Å². The highest BCUT2D eigenvalue weighted by Gasteiger charge is 2.49. The Morgan fingerprint density at radius 3 is 2.18 bits per heavy atom. The highest BCUT2D eigenvalue weighted by atomic mass is 31.2. The lowest BCUT2D eigenvalue weighted by molar-refractivity contribution is 0.118. The van der Waals surface area contributed by atoms with Crippen LogP contribution in [0, 0.1) is 0 Å². The first-order chi connectivity index (χ1) is 5.00. The molecule has 4 N–H and O–H groups in total. The minimum atomic E-state index is -3.74. The van der Waals surface area contributed by atoms with E-state index in [1.165, 1.54) is 0 Å². The molecule has 11 heavy (non-hydrogen) atoms. The molecule has 0 saturated carbocycles. The van der Waals surface area contributed by atoms with E-state index in [-0.39, 0.29) is 6.42 Å². The van der Waals surface area contributed by atoms with E-state index in [9.17, 15) is 4.57 Å². The molecule has 0 amide bonds. The van der Waals surface area contributed by atoms with Gasteiger partial charge in [-0.15, -0.1) is 0 Å². The zero-order valence-electron chi connectivity index (χ0n) is 5.79. The zero-order chi connectivity index (χ0) is 8.65. The lowest BCUT2D eigenvalue weighted by atomic mass is 10.2. The molecule has 0 aromatic heterocycles. The molecule has 0 bridgehead atoms. The standard InChI is InChI=1S/C5H11O5P/c6-2-4-3(7)1-5(8)11(4,9)10/h3-8H,1-2H2,(H,9,10)/t3-,4+,5?/m0/s1. The van der Waals surface area contributed by atoms with Crippen molar-refractivity contribution in [2.45, 2.75) is 24.0 Å². The Bertz CT molecular complexity index is 193. The molecular formula is C5H11O5P. The van der Waals surface area contributed by atoms with E-state index < -0.39 is 31.6 Å². The van der Waals surface area contributed by atoms with Gasteiger partial charge in [-0.3, -0.25) is 4.57 Å². The van der Waals surface area contributed by atoms with Crippen LogP contribution in [0.25, 0.3) is 0 Å². The van der Waals surface area contributed by atoms with Crippen LogP contribution in [0.3, 0.4) is 0 Å². The Kier molecular flexibility index (Phi) is 2.37. The minimum Gasteiger partial charge on any atom is -0.395 e. The predicted octanol–water partition coefficient (Wildman–Crippen LogP) is -1.30. The lowest BCUT2D eigenvalue weighted by Crippen LogP contribution is -2.22. The van der Waals surface area contributed by atoms with Crippen molar-refractivity contribution in [2.75, 3.05) is 6.61 Å². The number of hydrogen-bond donors (Lipinski definition) is 4. The van der Waals surface area contributed by atoms with Gasteiger partial charge in [0, 0.05) is 6.42 Å². The second kappa shape index (κ2) is 2.84. The second-order valence-electron chi connectivity index (χ2n) is 2.71. The van der Waals surface area contributed by atoms with Crippen LogP contribution in [-0.4, -0.2) is 44.4 Å². The quantitative estimate of drug-likeness (QED) is 0.378. The van der Waals surface area contributed by atoms with Gasteiger partial charge in [-0.2, -0.15) is 0 Å². The van der Waals surface area contributed by atoms with Crippen LogP contribution in [0.5, 0.6) is 0 Å². The summed E-state index contributed by atoms with van der Waals surface area (Å²) < 4.78 is 11.1. The highest BCUT2D eigenvalue weighted by Crippen LogP contribution is 2.58. The molecule has 66 valence electrons. The summed E-state index contributed by atoms with van der Waals surface area (Å²) in [5.41, 5.74) is -1.07. The SMILES string of the molecule is O=P1(O)C(O)C[C@H](O)[C@H]1CO. The van der Waals surface area contributed by atoms with Crippen LogP contribution in [0.15, 0.2) is 0 Å².